The first-order valence-electron chi connectivity index (χ1n) is 1.51. The molecule has 0 aromatic carbocycles. The summed E-state index contributed by atoms with van der Waals surface area (Å²) in [5.74, 6) is -0.102. The normalized spacial score (nSPS) is 8.33. The smallest absolute Gasteiger partial charge is 0.188 e. The number of aliphatic hydroxyl groups excluding tert-OH is 1. The lowest BCUT2D eigenvalue weighted by atomic mass is 10.9. The van der Waals surface area contributed by atoms with Gasteiger partial charge in [-0.3, -0.25) is 4.79 Å². The summed E-state index contributed by atoms with van der Waals surface area (Å²) in [5.41, 5.74) is 0. The molecule has 0 aliphatic carbocycles. The molecule has 0 aliphatic rings. The molecule has 0 unspecified atom stereocenters. The van der Waals surface area contributed by atoms with E-state index in [2.05, 4.69) is 0 Å². The van der Waals surface area contributed by atoms with E-state index in [0.29, 0.717) is 0 Å². The quantitative estimate of drug-likeness (QED) is 0.486. The molecule has 1 N–H and O–H groups in total. The molecule has 0 amide bonds. The van der Waals surface area contributed by atoms with Crippen LogP contribution in [0.5, 0.6) is 0 Å². The zero-order chi connectivity index (χ0) is 4.99. The highest BCUT2D eigenvalue weighted by Gasteiger charge is 1.85. The molecule has 3 heteroatoms. The maximum atomic E-state index is 9.85. The maximum Gasteiger partial charge on any atom is 0.188 e. The number of hydrogen-bond donors (Lipinski definition) is 1. The van der Waals surface area contributed by atoms with E-state index in [1.807, 2.05) is 0 Å². The van der Waals surface area contributed by atoms with Crippen LogP contribution in [0.1, 0.15) is 6.92 Å². The van der Waals surface area contributed by atoms with Crippen LogP contribution >= 0.6 is 11.8 Å². The molecule has 0 aromatic heterocycles. The number of aliphatic hydroxyl groups is 1. The Morgan fingerprint density at radius 3 is 2.50 bits per heavy atom. The fourth-order valence-electron chi connectivity index (χ4n) is 0.0909. The van der Waals surface area contributed by atoms with Gasteiger partial charge in [0.2, 0.25) is 0 Å². The fourth-order valence-corrected chi connectivity index (χ4v) is 0.273. The average Bonchev–Trinajstić information content (AvgIpc) is 1.35. The van der Waals surface area contributed by atoms with Crippen LogP contribution in [-0.4, -0.2) is 16.2 Å². The molecule has 0 saturated carbocycles. The Balaban J connectivity index is 2.83. The molecule has 2 nitrogen and oxygen atoms in total. The van der Waals surface area contributed by atoms with Crippen LogP contribution in [-0.2, 0) is 4.79 Å². The summed E-state index contributed by atoms with van der Waals surface area (Å²) in [5, 5.41) is 7.93. The standard InChI is InChI=1S/C3H6O2S/c1-3(5)6-2-4/h4H,2H2,1H3. The molecule has 0 bridgehead atoms. The molecular formula is C3H6O2S. The van der Waals surface area contributed by atoms with Gasteiger partial charge in [-0.15, -0.1) is 0 Å². The number of carbonyl (C=O) groups is 1. The van der Waals surface area contributed by atoms with E-state index in [9.17, 15) is 4.79 Å². The summed E-state index contributed by atoms with van der Waals surface area (Å²) >= 11 is 0.903. The second-order valence-electron chi connectivity index (χ2n) is 0.765. The Bertz CT molecular complexity index is 52.8. The Morgan fingerprint density at radius 1 is 2.00 bits per heavy atom. The summed E-state index contributed by atoms with van der Waals surface area (Å²) in [6, 6.07) is 0. The lowest BCUT2D eigenvalue weighted by Gasteiger charge is -1.80. The van der Waals surface area contributed by atoms with Crippen LogP contribution in [0.4, 0.5) is 0 Å². The van der Waals surface area contributed by atoms with E-state index in [1.54, 1.807) is 0 Å². The van der Waals surface area contributed by atoms with Crippen LogP contribution in [0.25, 0.3) is 0 Å². The molecule has 0 rings (SSSR count). The SMILES string of the molecule is CC(=O)SCO. The van der Waals surface area contributed by atoms with Gasteiger partial charge >= 0.3 is 0 Å². The second kappa shape index (κ2) is 3.18. The Labute approximate surface area is 40.5 Å². The van der Waals surface area contributed by atoms with Gasteiger partial charge in [-0.1, -0.05) is 11.8 Å². The largest absolute Gasteiger partial charge is 0.385 e. The average molecular weight is 106 g/mol. The van der Waals surface area contributed by atoms with Crippen molar-refractivity contribution in [3.63, 3.8) is 0 Å². The van der Waals surface area contributed by atoms with Gasteiger partial charge < -0.3 is 5.11 Å². The van der Waals surface area contributed by atoms with E-state index < -0.39 is 0 Å². The first-order chi connectivity index (χ1) is 2.77. The van der Waals surface area contributed by atoms with Gasteiger partial charge in [-0.2, -0.15) is 0 Å². The lowest BCUT2D eigenvalue weighted by molar-refractivity contribution is -0.109. The summed E-state index contributed by atoms with van der Waals surface area (Å²) in [7, 11) is 0. The van der Waals surface area contributed by atoms with Gasteiger partial charge in [0.25, 0.3) is 0 Å². The third kappa shape index (κ3) is 3.98. The fraction of sp³-hybridized carbons (Fsp3) is 0.667. The van der Waals surface area contributed by atoms with E-state index in [4.69, 9.17) is 5.11 Å². The van der Waals surface area contributed by atoms with Crippen molar-refractivity contribution in [3.8, 4) is 0 Å². The van der Waals surface area contributed by atoms with Crippen LogP contribution in [0.15, 0.2) is 0 Å². The number of rotatable bonds is 1. The predicted octanol–water partition coefficient (Wildman–Crippen LogP) is 0.216. The van der Waals surface area contributed by atoms with Crippen LogP contribution in [0, 0.1) is 0 Å². The van der Waals surface area contributed by atoms with E-state index in [-0.39, 0.29) is 11.1 Å². The zero-order valence-corrected chi connectivity index (χ0v) is 4.29. The summed E-state index contributed by atoms with van der Waals surface area (Å²) in [4.78, 5) is 9.85. The highest BCUT2D eigenvalue weighted by atomic mass is 32.2. The molecule has 6 heavy (non-hydrogen) atoms. The van der Waals surface area contributed by atoms with Gasteiger partial charge in [-0.25, -0.2) is 0 Å². The third-order valence-corrected chi connectivity index (χ3v) is 0.803. The minimum Gasteiger partial charge on any atom is -0.385 e. The second-order valence-corrected chi connectivity index (χ2v) is 1.89. The number of hydrogen-bond acceptors (Lipinski definition) is 3. The van der Waals surface area contributed by atoms with E-state index in [1.165, 1.54) is 6.92 Å². The molecule has 0 saturated heterocycles. The molecule has 0 heterocycles. The summed E-state index contributed by atoms with van der Waals surface area (Å²) in [6.45, 7) is 1.42. The van der Waals surface area contributed by atoms with Gasteiger partial charge in [0.05, 0.1) is 5.94 Å². The van der Waals surface area contributed by atoms with Gasteiger partial charge in [0, 0.05) is 6.92 Å². The third-order valence-electron chi connectivity index (χ3n) is 0.268. The monoisotopic (exact) mass is 106 g/mol. The minimum absolute atomic E-state index is 0.0440. The minimum atomic E-state index is -0.102. The van der Waals surface area contributed by atoms with Crippen molar-refractivity contribution < 1.29 is 9.90 Å². The lowest BCUT2D eigenvalue weighted by Crippen LogP contribution is -1.81. The van der Waals surface area contributed by atoms with Gasteiger partial charge in [0.15, 0.2) is 5.12 Å². The van der Waals surface area contributed by atoms with Crippen LogP contribution in [0.3, 0.4) is 0 Å². The molecule has 0 atom stereocenters. The van der Waals surface area contributed by atoms with Crippen LogP contribution in [0.2, 0.25) is 0 Å². The van der Waals surface area contributed by atoms with Gasteiger partial charge in [0.1, 0.15) is 0 Å². The van der Waals surface area contributed by atoms with Crippen LogP contribution < -0.4 is 0 Å². The highest BCUT2D eigenvalue weighted by Crippen LogP contribution is 1.94. The van der Waals surface area contributed by atoms with Crippen molar-refractivity contribution in [2.24, 2.45) is 0 Å². The summed E-state index contributed by atoms with van der Waals surface area (Å²) < 4.78 is 0. The zero-order valence-electron chi connectivity index (χ0n) is 3.47. The Hall–Kier alpha value is -0.0200. The molecule has 36 valence electrons. The van der Waals surface area contributed by atoms with Crippen molar-refractivity contribution in [2.45, 2.75) is 6.92 Å². The molecular weight excluding hydrogens is 100 g/mol. The van der Waals surface area contributed by atoms with Crippen molar-refractivity contribution in [1.82, 2.24) is 0 Å². The first-order valence-corrected chi connectivity index (χ1v) is 2.50. The molecule has 0 radical (unpaired) electrons. The molecule has 0 aliphatic heterocycles. The molecule has 0 spiro atoms. The molecule has 0 aromatic rings. The maximum absolute atomic E-state index is 9.85. The van der Waals surface area contributed by atoms with Crippen molar-refractivity contribution in [1.29, 1.82) is 0 Å². The van der Waals surface area contributed by atoms with Gasteiger partial charge in [-0.05, 0) is 0 Å². The van der Waals surface area contributed by atoms with E-state index >= 15 is 0 Å². The Morgan fingerprint density at radius 2 is 2.50 bits per heavy atom. The predicted molar refractivity (Wildman–Crippen MR) is 25.4 cm³/mol. The highest BCUT2D eigenvalue weighted by molar-refractivity contribution is 8.13. The number of carbonyl (C=O) groups excluding carboxylic acids is 1. The van der Waals surface area contributed by atoms with Crippen molar-refractivity contribution in [3.05, 3.63) is 0 Å². The van der Waals surface area contributed by atoms with Crippen molar-refractivity contribution in [2.75, 3.05) is 5.94 Å². The topological polar surface area (TPSA) is 37.3 Å². The molecule has 0 fully saturated rings. The number of thioether (sulfide) groups is 1. The van der Waals surface area contributed by atoms with Crippen molar-refractivity contribution >= 4 is 16.9 Å². The Kier molecular flexibility index (Phi) is 3.17. The summed E-state index contributed by atoms with van der Waals surface area (Å²) in [6.07, 6.45) is 0. The first kappa shape index (κ1) is 5.98. The van der Waals surface area contributed by atoms with E-state index in [0.717, 1.165) is 11.8 Å².